The standard InChI is InChI=1S/C27H36N4O7S2/c1-18-7-13-23(14-8-18)40(36,37)31(19(2)25(34)29-16-15-28-24(33)17-39-20(3)32)22-11-9-21(10-12-22)30-26(35)38-27(4,5)6/h7-14,19H,15-17H2,1-6H3,(H,28,33)(H,29,34)(H,30,35)/t19-/m0/s1. The number of nitrogens with one attached hydrogen (secondary N) is 3. The fourth-order valence-electron chi connectivity index (χ4n) is 3.37. The molecule has 2 aromatic carbocycles. The number of carbonyl (C=O) groups is 4. The SMILES string of the molecule is CC(=O)SCC(=O)NCCNC(=O)[C@H](C)N(c1ccc(NC(=O)OC(C)(C)C)cc1)S(=O)(=O)c1ccc(C)cc1. The lowest BCUT2D eigenvalue weighted by molar-refractivity contribution is -0.122. The minimum atomic E-state index is -4.18. The van der Waals surface area contributed by atoms with Gasteiger partial charge in [-0.25, -0.2) is 13.2 Å². The Morgan fingerprint density at radius 1 is 0.950 bits per heavy atom. The summed E-state index contributed by atoms with van der Waals surface area (Å²) in [4.78, 5) is 47.9. The van der Waals surface area contributed by atoms with Crippen molar-refractivity contribution in [2.45, 2.75) is 58.1 Å². The van der Waals surface area contributed by atoms with E-state index in [1.54, 1.807) is 32.9 Å². The number of sulfonamides is 1. The summed E-state index contributed by atoms with van der Waals surface area (Å²) in [7, 11) is -4.18. The van der Waals surface area contributed by atoms with Crippen molar-refractivity contribution in [2.24, 2.45) is 0 Å². The largest absolute Gasteiger partial charge is 0.444 e. The molecule has 0 spiro atoms. The third-order valence-corrected chi connectivity index (χ3v) is 7.95. The number of aryl methyl sites for hydroxylation is 1. The molecule has 0 saturated carbocycles. The second-order valence-corrected chi connectivity index (χ2v) is 12.9. The summed E-state index contributed by atoms with van der Waals surface area (Å²) in [5.74, 6) is -0.966. The Morgan fingerprint density at radius 2 is 1.52 bits per heavy atom. The summed E-state index contributed by atoms with van der Waals surface area (Å²) in [5, 5.41) is 7.63. The van der Waals surface area contributed by atoms with Crippen LogP contribution in [0.1, 0.15) is 40.2 Å². The number of thioether (sulfide) groups is 1. The molecule has 0 radical (unpaired) electrons. The molecule has 3 amide bonds. The molecule has 3 N–H and O–H groups in total. The molecule has 2 rings (SSSR count). The number of anilines is 2. The number of ether oxygens (including phenoxy) is 1. The van der Waals surface area contributed by atoms with Crippen LogP contribution in [-0.4, -0.2) is 61.9 Å². The molecule has 0 fully saturated rings. The van der Waals surface area contributed by atoms with Crippen LogP contribution in [0.5, 0.6) is 0 Å². The average molecular weight is 593 g/mol. The van der Waals surface area contributed by atoms with E-state index in [-0.39, 0.29) is 40.4 Å². The van der Waals surface area contributed by atoms with E-state index in [0.717, 1.165) is 21.6 Å². The summed E-state index contributed by atoms with van der Waals surface area (Å²) >= 11 is 0.876. The van der Waals surface area contributed by atoms with Gasteiger partial charge in [0.25, 0.3) is 10.0 Å². The van der Waals surface area contributed by atoms with Crippen molar-refractivity contribution in [1.82, 2.24) is 10.6 Å². The van der Waals surface area contributed by atoms with Crippen LogP contribution in [0, 0.1) is 6.92 Å². The molecular formula is C27H36N4O7S2. The van der Waals surface area contributed by atoms with Crippen molar-refractivity contribution in [1.29, 1.82) is 0 Å². The van der Waals surface area contributed by atoms with E-state index >= 15 is 0 Å². The molecule has 0 aromatic heterocycles. The summed E-state index contributed by atoms with van der Waals surface area (Å²) < 4.78 is 33.7. The minimum Gasteiger partial charge on any atom is -0.444 e. The van der Waals surface area contributed by atoms with Crippen LogP contribution in [0.25, 0.3) is 0 Å². The summed E-state index contributed by atoms with van der Waals surface area (Å²) in [6.07, 6.45) is -0.663. The monoisotopic (exact) mass is 592 g/mol. The Kier molecular flexibility index (Phi) is 11.6. The fraction of sp³-hybridized carbons (Fsp3) is 0.407. The van der Waals surface area contributed by atoms with E-state index in [9.17, 15) is 27.6 Å². The number of nitrogens with zero attached hydrogens (tertiary/aromatic N) is 1. The Hall–Kier alpha value is -3.58. The van der Waals surface area contributed by atoms with Crippen LogP contribution < -0.4 is 20.3 Å². The lowest BCUT2D eigenvalue weighted by Gasteiger charge is -2.30. The van der Waals surface area contributed by atoms with Gasteiger partial charge < -0.3 is 15.4 Å². The van der Waals surface area contributed by atoms with Gasteiger partial charge >= 0.3 is 6.09 Å². The van der Waals surface area contributed by atoms with Gasteiger partial charge in [-0.3, -0.25) is 24.0 Å². The molecule has 40 heavy (non-hydrogen) atoms. The van der Waals surface area contributed by atoms with Gasteiger partial charge in [-0.15, -0.1) is 0 Å². The molecule has 0 aliphatic rings. The van der Waals surface area contributed by atoms with Crippen molar-refractivity contribution in [2.75, 3.05) is 28.5 Å². The molecule has 0 aliphatic heterocycles. The van der Waals surface area contributed by atoms with E-state index in [4.69, 9.17) is 4.74 Å². The van der Waals surface area contributed by atoms with Gasteiger partial charge in [-0.05, 0) is 71.0 Å². The first-order valence-electron chi connectivity index (χ1n) is 12.5. The van der Waals surface area contributed by atoms with Crippen LogP contribution in [0.3, 0.4) is 0 Å². The lowest BCUT2D eigenvalue weighted by atomic mass is 10.2. The first kappa shape index (κ1) is 32.6. The van der Waals surface area contributed by atoms with E-state index < -0.39 is 33.7 Å². The number of hydrogen-bond donors (Lipinski definition) is 3. The van der Waals surface area contributed by atoms with Gasteiger partial charge in [0.05, 0.1) is 16.3 Å². The smallest absolute Gasteiger partial charge is 0.412 e. The van der Waals surface area contributed by atoms with Crippen LogP contribution in [0.15, 0.2) is 53.4 Å². The number of carbonyl (C=O) groups excluding carboxylic acids is 4. The van der Waals surface area contributed by atoms with Gasteiger partial charge in [-0.2, -0.15) is 0 Å². The van der Waals surface area contributed by atoms with Gasteiger partial charge in [-0.1, -0.05) is 29.5 Å². The maximum absolute atomic E-state index is 13.7. The molecule has 218 valence electrons. The molecule has 13 heteroatoms. The van der Waals surface area contributed by atoms with E-state index in [1.165, 1.54) is 50.2 Å². The van der Waals surface area contributed by atoms with E-state index in [2.05, 4.69) is 16.0 Å². The maximum atomic E-state index is 13.7. The van der Waals surface area contributed by atoms with Crippen LogP contribution in [0.4, 0.5) is 16.2 Å². The molecule has 2 aromatic rings. The van der Waals surface area contributed by atoms with Crippen molar-refractivity contribution in [3.8, 4) is 0 Å². The quantitative estimate of drug-likeness (QED) is 0.336. The lowest BCUT2D eigenvalue weighted by Crippen LogP contribution is -2.49. The van der Waals surface area contributed by atoms with Gasteiger partial charge in [0, 0.05) is 25.7 Å². The zero-order chi connectivity index (χ0) is 30.1. The molecular weight excluding hydrogens is 556 g/mol. The Balaban J connectivity index is 2.23. The molecule has 0 aliphatic carbocycles. The van der Waals surface area contributed by atoms with Crippen molar-refractivity contribution >= 4 is 56.2 Å². The normalized spacial score (nSPS) is 12.2. The predicted molar refractivity (Wildman–Crippen MR) is 156 cm³/mol. The highest BCUT2D eigenvalue weighted by molar-refractivity contribution is 8.14. The highest BCUT2D eigenvalue weighted by Crippen LogP contribution is 2.28. The third kappa shape index (κ3) is 10.2. The highest BCUT2D eigenvalue weighted by atomic mass is 32.2. The molecule has 0 unspecified atom stereocenters. The van der Waals surface area contributed by atoms with Crippen molar-refractivity contribution < 1.29 is 32.3 Å². The van der Waals surface area contributed by atoms with Crippen LogP contribution in [0.2, 0.25) is 0 Å². The van der Waals surface area contributed by atoms with E-state index in [0.29, 0.717) is 5.69 Å². The van der Waals surface area contributed by atoms with Gasteiger partial charge in [0.2, 0.25) is 11.8 Å². The number of hydrogen-bond acceptors (Lipinski definition) is 8. The minimum absolute atomic E-state index is 0.00365. The predicted octanol–water partition coefficient (Wildman–Crippen LogP) is 3.44. The molecule has 0 bridgehead atoms. The molecule has 0 heterocycles. The average Bonchev–Trinajstić information content (AvgIpc) is 2.85. The second kappa shape index (κ2) is 14.2. The zero-order valence-electron chi connectivity index (χ0n) is 23.4. The Labute approximate surface area is 239 Å². The number of benzene rings is 2. The first-order valence-corrected chi connectivity index (χ1v) is 14.9. The molecule has 1 atom stereocenters. The fourth-order valence-corrected chi connectivity index (χ4v) is 5.42. The summed E-state index contributed by atoms with van der Waals surface area (Å²) in [5.41, 5.74) is 0.758. The maximum Gasteiger partial charge on any atom is 0.412 e. The topological polar surface area (TPSA) is 151 Å². The zero-order valence-corrected chi connectivity index (χ0v) is 25.1. The number of amides is 3. The Morgan fingerprint density at radius 3 is 2.08 bits per heavy atom. The van der Waals surface area contributed by atoms with Gasteiger partial charge in [0.1, 0.15) is 11.6 Å². The van der Waals surface area contributed by atoms with Crippen molar-refractivity contribution in [3.63, 3.8) is 0 Å². The Bertz CT molecular complexity index is 1310. The van der Waals surface area contributed by atoms with Crippen LogP contribution in [-0.2, 0) is 29.1 Å². The summed E-state index contributed by atoms with van der Waals surface area (Å²) in [6, 6.07) is 11.1. The molecule has 0 saturated heterocycles. The van der Waals surface area contributed by atoms with Gasteiger partial charge in [0.15, 0.2) is 5.12 Å². The van der Waals surface area contributed by atoms with Crippen molar-refractivity contribution in [3.05, 3.63) is 54.1 Å². The second-order valence-electron chi connectivity index (χ2n) is 9.88. The number of rotatable bonds is 11. The molecule has 11 nitrogen and oxygen atoms in total. The summed E-state index contributed by atoms with van der Waals surface area (Å²) in [6.45, 7) is 10.0. The first-order chi connectivity index (χ1) is 18.6. The van der Waals surface area contributed by atoms with E-state index in [1.807, 2.05) is 6.92 Å². The van der Waals surface area contributed by atoms with Crippen LogP contribution >= 0.6 is 11.8 Å². The third-order valence-electron chi connectivity index (χ3n) is 5.23. The highest BCUT2D eigenvalue weighted by Gasteiger charge is 2.33.